The van der Waals surface area contributed by atoms with Gasteiger partial charge in [0, 0.05) is 0 Å². The zero-order chi connectivity index (χ0) is 15.4. The summed E-state index contributed by atoms with van der Waals surface area (Å²) in [7, 11) is 0. The van der Waals surface area contributed by atoms with Gasteiger partial charge in [0.25, 0.3) is 0 Å². The van der Waals surface area contributed by atoms with E-state index in [1.54, 1.807) is 12.1 Å². The number of anilines is 2. The minimum absolute atomic E-state index is 0.418. The molecule has 0 aliphatic rings. The van der Waals surface area contributed by atoms with E-state index in [4.69, 9.17) is 14.9 Å². The third kappa shape index (κ3) is 4.11. The first-order valence-corrected chi connectivity index (χ1v) is 7.01. The molecule has 0 aliphatic heterocycles. The third-order valence-electron chi connectivity index (χ3n) is 2.94. The monoisotopic (exact) mass is 290 g/mol. The summed E-state index contributed by atoms with van der Waals surface area (Å²) in [4.78, 5) is 8.67. The van der Waals surface area contributed by atoms with Crippen LogP contribution in [0, 0.1) is 19.8 Å². The Hall–Kier alpha value is -2.24. The summed E-state index contributed by atoms with van der Waals surface area (Å²) < 4.78 is 11.1. The standard InChI is InChI=1S/C15H22N4O2/c1-9(2)8-20-15-12(16)5-6-13(19-15)17-7-14-18-10(3)11(4)21-14/h5-6,9H,7-8,16H2,1-4H3,(H,17,19). The lowest BCUT2D eigenvalue weighted by atomic mass is 10.2. The van der Waals surface area contributed by atoms with Crippen molar-refractivity contribution < 1.29 is 9.15 Å². The number of rotatable bonds is 6. The van der Waals surface area contributed by atoms with Crippen molar-refractivity contribution in [3.63, 3.8) is 0 Å². The highest BCUT2D eigenvalue weighted by Gasteiger charge is 2.08. The zero-order valence-electron chi connectivity index (χ0n) is 12.9. The van der Waals surface area contributed by atoms with Crippen LogP contribution in [0.2, 0.25) is 0 Å². The average Bonchev–Trinajstić information content (AvgIpc) is 2.75. The Balaban J connectivity index is 2.01. The lowest BCUT2D eigenvalue weighted by Crippen LogP contribution is -2.09. The van der Waals surface area contributed by atoms with Gasteiger partial charge in [-0.05, 0) is 31.9 Å². The van der Waals surface area contributed by atoms with Crippen LogP contribution >= 0.6 is 0 Å². The number of aromatic nitrogens is 2. The molecule has 2 aromatic heterocycles. The van der Waals surface area contributed by atoms with Crippen molar-refractivity contribution >= 4 is 11.5 Å². The largest absolute Gasteiger partial charge is 0.476 e. The van der Waals surface area contributed by atoms with E-state index in [1.807, 2.05) is 13.8 Å². The quantitative estimate of drug-likeness (QED) is 0.850. The van der Waals surface area contributed by atoms with E-state index in [9.17, 15) is 0 Å². The molecule has 0 atom stereocenters. The Kier molecular flexibility index (Phi) is 4.67. The number of nitrogens with one attached hydrogen (secondary N) is 1. The lowest BCUT2D eigenvalue weighted by Gasteiger charge is -2.11. The van der Waals surface area contributed by atoms with Crippen LogP contribution in [0.4, 0.5) is 11.5 Å². The molecule has 6 nitrogen and oxygen atoms in total. The van der Waals surface area contributed by atoms with Gasteiger partial charge >= 0.3 is 0 Å². The Labute approximate surface area is 124 Å². The average molecular weight is 290 g/mol. The summed E-state index contributed by atoms with van der Waals surface area (Å²) in [5.74, 6) is 3.01. The second-order valence-electron chi connectivity index (χ2n) is 5.40. The van der Waals surface area contributed by atoms with Crippen molar-refractivity contribution in [2.75, 3.05) is 17.7 Å². The molecular weight excluding hydrogens is 268 g/mol. The highest BCUT2D eigenvalue weighted by Crippen LogP contribution is 2.22. The maximum absolute atomic E-state index is 5.86. The number of nitrogen functional groups attached to an aromatic ring is 1. The lowest BCUT2D eigenvalue weighted by molar-refractivity contribution is 0.263. The molecule has 0 bridgehead atoms. The molecule has 114 valence electrons. The molecule has 3 N–H and O–H groups in total. The van der Waals surface area contributed by atoms with Gasteiger partial charge in [-0.25, -0.2) is 4.98 Å². The summed E-state index contributed by atoms with van der Waals surface area (Å²) >= 11 is 0. The van der Waals surface area contributed by atoms with Crippen molar-refractivity contribution in [1.29, 1.82) is 0 Å². The molecular formula is C15H22N4O2. The minimum atomic E-state index is 0.418. The number of hydrogen-bond acceptors (Lipinski definition) is 6. The number of pyridine rings is 1. The van der Waals surface area contributed by atoms with Gasteiger partial charge in [-0.3, -0.25) is 0 Å². The summed E-state index contributed by atoms with van der Waals surface area (Å²) in [5, 5.41) is 3.15. The van der Waals surface area contributed by atoms with Crippen LogP contribution in [0.15, 0.2) is 16.5 Å². The first-order valence-electron chi connectivity index (χ1n) is 7.01. The van der Waals surface area contributed by atoms with Crippen molar-refractivity contribution in [2.45, 2.75) is 34.2 Å². The van der Waals surface area contributed by atoms with Crippen LogP contribution in [0.1, 0.15) is 31.2 Å². The SMILES string of the molecule is Cc1nc(CNc2ccc(N)c(OCC(C)C)n2)oc1C. The first kappa shape index (κ1) is 15.2. The third-order valence-corrected chi connectivity index (χ3v) is 2.94. The molecule has 0 amide bonds. The van der Waals surface area contributed by atoms with Crippen LogP contribution in [-0.4, -0.2) is 16.6 Å². The summed E-state index contributed by atoms with van der Waals surface area (Å²) in [6.45, 7) is 9.01. The molecule has 0 saturated heterocycles. The molecule has 0 aromatic carbocycles. The molecule has 21 heavy (non-hydrogen) atoms. The van der Waals surface area contributed by atoms with E-state index in [1.165, 1.54) is 0 Å². The van der Waals surface area contributed by atoms with Crippen molar-refractivity contribution in [1.82, 2.24) is 9.97 Å². The van der Waals surface area contributed by atoms with Gasteiger partial charge in [-0.2, -0.15) is 4.98 Å². The number of nitrogens with zero attached hydrogens (tertiary/aromatic N) is 2. The van der Waals surface area contributed by atoms with Gasteiger partial charge in [0.05, 0.1) is 24.5 Å². The molecule has 0 spiro atoms. The van der Waals surface area contributed by atoms with Crippen LogP contribution in [0.3, 0.4) is 0 Å². The molecule has 0 fully saturated rings. The summed E-state index contributed by atoms with van der Waals surface area (Å²) in [5.41, 5.74) is 7.29. The highest BCUT2D eigenvalue weighted by atomic mass is 16.5. The fourth-order valence-corrected chi connectivity index (χ4v) is 1.69. The van der Waals surface area contributed by atoms with Crippen LogP contribution in [0.5, 0.6) is 5.88 Å². The van der Waals surface area contributed by atoms with Crippen LogP contribution < -0.4 is 15.8 Å². The Morgan fingerprint density at radius 2 is 2.05 bits per heavy atom. The van der Waals surface area contributed by atoms with Crippen LogP contribution in [-0.2, 0) is 6.54 Å². The van der Waals surface area contributed by atoms with E-state index in [0.717, 1.165) is 11.5 Å². The fraction of sp³-hybridized carbons (Fsp3) is 0.467. The van der Waals surface area contributed by atoms with E-state index in [-0.39, 0.29) is 0 Å². The van der Waals surface area contributed by atoms with Gasteiger partial charge in [0.2, 0.25) is 11.8 Å². The predicted octanol–water partition coefficient (Wildman–Crippen LogP) is 2.92. The zero-order valence-corrected chi connectivity index (χ0v) is 12.9. The van der Waals surface area contributed by atoms with Gasteiger partial charge in [-0.1, -0.05) is 13.8 Å². The molecule has 2 heterocycles. The second-order valence-corrected chi connectivity index (χ2v) is 5.40. The van der Waals surface area contributed by atoms with E-state index in [0.29, 0.717) is 42.3 Å². The van der Waals surface area contributed by atoms with Gasteiger partial charge in [0.15, 0.2) is 0 Å². The first-order chi connectivity index (χ1) is 9.95. The van der Waals surface area contributed by atoms with E-state index < -0.39 is 0 Å². The highest BCUT2D eigenvalue weighted by molar-refractivity contribution is 5.53. The smallest absolute Gasteiger partial charge is 0.239 e. The maximum atomic E-state index is 5.86. The van der Waals surface area contributed by atoms with Crippen LogP contribution in [0.25, 0.3) is 0 Å². The molecule has 2 rings (SSSR count). The minimum Gasteiger partial charge on any atom is -0.476 e. The second kappa shape index (κ2) is 6.47. The number of aryl methyl sites for hydroxylation is 2. The van der Waals surface area contributed by atoms with Crippen molar-refractivity contribution in [3.05, 3.63) is 29.5 Å². The van der Waals surface area contributed by atoms with Gasteiger partial charge < -0.3 is 20.2 Å². The molecule has 0 radical (unpaired) electrons. The molecule has 0 aliphatic carbocycles. The van der Waals surface area contributed by atoms with Crippen molar-refractivity contribution in [2.24, 2.45) is 5.92 Å². The number of oxazole rings is 1. The number of hydrogen-bond donors (Lipinski definition) is 2. The molecule has 2 aromatic rings. The Morgan fingerprint density at radius 1 is 1.29 bits per heavy atom. The number of nitrogens with two attached hydrogens (primary N) is 1. The maximum Gasteiger partial charge on any atom is 0.239 e. The van der Waals surface area contributed by atoms with Gasteiger partial charge in [0.1, 0.15) is 11.6 Å². The Bertz CT molecular complexity index is 588. The summed E-state index contributed by atoms with van der Waals surface area (Å²) in [6, 6.07) is 3.58. The number of ether oxygens (including phenoxy) is 1. The normalized spacial score (nSPS) is 10.9. The van der Waals surface area contributed by atoms with Gasteiger partial charge in [-0.15, -0.1) is 0 Å². The Morgan fingerprint density at radius 3 is 2.67 bits per heavy atom. The molecule has 6 heteroatoms. The summed E-state index contributed by atoms with van der Waals surface area (Å²) in [6.07, 6.45) is 0. The van der Waals surface area contributed by atoms with E-state index >= 15 is 0 Å². The van der Waals surface area contributed by atoms with E-state index in [2.05, 4.69) is 29.1 Å². The molecule has 0 saturated carbocycles. The fourth-order valence-electron chi connectivity index (χ4n) is 1.69. The van der Waals surface area contributed by atoms with Crippen molar-refractivity contribution in [3.8, 4) is 5.88 Å². The predicted molar refractivity (Wildman–Crippen MR) is 82.3 cm³/mol. The molecule has 0 unspecified atom stereocenters. The topological polar surface area (TPSA) is 86.2 Å².